The summed E-state index contributed by atoms with van der Waals surface area (Å²) in [6.45, 7) is 19.8. The molecule has 0 bridgehead atoms. The Bertz CT molecular complexity index is 2660. The second kappa shape index (κ2) is 23.0. The van der Waals surface area contributed by atoms with Crippen LogP contribution in [0.2, 0.25) is 23.2 Å². The van der Waals surface area contributed by atoms with Crippen LogP contribution in [0.4, 0.5) is 0 Å². The summed E-state index contributed by atoms with van der Waals surface area (Å²) in [5, 5.41) is 10.1. The first-order chi connectivity index (χ1) is 33.5. The molecule has 1 unspecified atom stereocenters. The third-order valence-corrected chi connectivity index (χ3v) is 19.8. The minimum atomic E-state index is -2.62. The lowest BCUT2D eigenvalue weighted by molar-refractivity contribution is -0.0926. The van der Waals surface area contributed by atoms with Gasteiger partial charge in [-0.05, 0) is 111 Å². The zero-order valence-electron chi connectivity index (χ0n) is 42.1. The van der Waals surface area contributed by atoms with Gasteiger partial charge in [0.1, 0.15) is 47.3 Å². The van der Waals surface area contributed by atoms with E-state index in [4.69, 9.17) is 54.0 Å². The van der Waals surface area contributed by atoms with Gasteiger partial charge in [0.05, 0.1) is 51.9 Å². The molecule has 1 fully saturated rings. The van der Waals surface area contributed by atoms with Gasteiger partial charge in [-0.25, -0.2) is 19.6 Å². The molecule has 0 saturated carbocycles. The number of methoxy groups -OCH3 is 2. The highest BCUT2D eigenvalue weighted by Crippen LogP contribution is 2.53. The van der Waals surface area contributed by atoms with E-state index in [1.807, 2.05) is 108 Å². The van der Waals surface area contributed by atoms with E-state index in [0.29, 0.717) is 33.4 Å². The van der Waals surface area contributed by atoms with Crippen LogP contribution in [0.3, 0.4) is 0 Å². The second-order valence-corrected chi connectivity index (χ2v) is 25.9. The molecule has 0 aliphatic carbocycles. The zero-order valence-corrected chi connectivity index (χ0v) is 44.7. The van der Waals surface area contributed by atoms with E-state index in [2.05, 4.69) is 89.4 Å². The van der Waals surface area contributed by atoms with Crippen LogP contribution < -0.4 is 9.47 Å². The molecule has 6 aromatic rings. The minimum Gasteiger partial charge on any atom is -0.497 e. The Hall–Kier alpha value is -5.04. The van der Waals surface area contributed by atoms with Crippen molar-refractivity contribution in [1.29, 1.82) is 5.26 Å². The lowest BCUT2D eigenvalue weighted by Gasteiger charge is -2.42. The molecule has 1 aliphatic rings. The largest absolute Gasteiger partial charge is 0.497 e. The smallest absolute Gasteiger partial charge is 0.259 e. The van der Waals surface area contributed by atoms with Gasteiger partial charge in [-0.2, -0.15) is 5.26 Å². The molecule has 0 spiro atoms. The van der Waals surface area contributed by atoms with E-state index in [1.165, 1.54) is 6.33 Å². The van der Waals surface area contributed by atoms with Crippen LogP contribution in [0, 0.1) is 11.3 Å². The molecule has 0 radical (unpaired) electrons. The number of hydrogen-bond acceptors (Lipinski definition) is 12. The molecule has 1 aliphatic heterocycles. The Kier molecular flexibility index (Phi) is 17.3. The number of aromatic nitrogens is 4. The van der Waals surface area contributed by atoms with Crippen LogP contribution in [0.5, 0.6) is 11.5 Å². The number of nitriles is 1. The van der Waals surface area contributed by atoms with Gasteiger partial charge in [0.2, 0.25) is 0 Å². The monoisotopic (exact) mass is 1000 g/mol. The van der Waals surface area contributed by atoms with Crippen molar-refractivity contribution in [1.82, 2.24) is 24.2 Å². The van der Waals surface area contributed by atoms with E-state index in [0.717, 1.165) is 22.3 Å². The maximum absolute atomic E-state index is 9.67. The van der Waals surface area contributed by atoms with Gasteiger partial charge < -0.3 is 32.4 Å². The number of imidazole rings is 1. The first-order valence-electron chi connectivity index (χ1n) is 23.7. The summed E-state index contributed by atoms with van der Waals surface area (Å²) >= 11 is 6.33. The van der Waals surface area contributed by atoms with E-state index in [9.17, 15) is 5.26 Å². The summed E-state index contributed by atoms with van der Waals surface area (Å²) < 4.78 is 52.1. The van der Waals surface area contributed by atoms with Gasteiger partial charge in [0.25, 0.3) is 8.53 Å². The van der Waals surface area contributed by atoms with Crippen molar-refractivity contribution >= 4 is 51.8 Å². The topological polar surface area (TPSA) is 135 Å². The maximum Gasteiger partial charge on any atom is 0.259 e. The molecule has 4 aromatic carbocycles. The van der Waals surface area contributed by atoms with Crippen molar-refractivity contribution in [2.75, 3.05) is 27.4 Å². The average Bonchev–Trinajstić information content (AvgIpc) is 3.92. The van der Waals surface area contributed by atoms with Gasteiger partial charge in [-0.3, -0.25) is 4.57 Å². The van der Waals surface area contributed by atoms with E-state index in [1.54, 1.807) is 20.5 Å². The first kappa shape index (κ1) is 52.8. The minimum absolute atomic E-state index is 0.0318. The fraction of sp³-hybridized carbons (Fsp3) is 0.407. The molecular formula is C54H66ClN6O7PSi. The van der Waals surface area contributed by atoms with E-state index >= 15 is 0 Å². The fourth-order valence-corrected chi connectivity index (χ4v) is 11.7. The molecule has 2 aromatic heterocycles. The quantitative estimate of drug-likeness (QED) is 0.0294. The summed E-state index contributed by atoms with van der Waals surface area (Å²) in [5.74, 6) is 1.43. The zero-order chi connectivity index (χ0) is 50.2. The number of nitrogens with zero attached hydrogens (tertiary/aromatic N) is 6. The third-order valence-electron chi connectivity index (χ3n) is 13.0. The van der Waals surface area contributed by atoms with Crippen LogP contribution >= 0.6 is 20.1 Å². The van der Waals surface area contributed by atoms with Crippen molar-refractivity contribution in [2.24, 2.45) is 0 Å². The van der Waals surface area contributed by atoms with Crippen molar-refractivity contribution in [2.45, 2.75) is 115 Å². The Morgan fingerprint density at radius 3 is 2.03 bits per heavy atom. The normalized spacial score (nSPS) is 18.3. The van der Waals surface area contributed by atoms with Gasteiger partial charge in [0.15, 0.2) is 20.2 Å². The van der Waals surface area contributed by atoms with Crippen LogP contribution in [-0.4, -0.2) is 90.3 Å². The molecule has 13 nitrogen and oxygen atoms in total. The number of ether oxygens (including phenoxy) is 4. The number of halogens is 1. The SMILES string of the molecule is COc1ccc(C(OC[C@H]2O[C@@H](n3cnc4c(/C=C/c5cccc(Cl)c5)ncnc43)[C@H](O[Si](C)(C)C(C)(C)C)[C@@H]2OP(OCCC#N)N(C(C)C)C(C)C)(c2ccccc2)c2ccc(OC)cc2)cc1. The lowest BCUT2D eigenvalue weighted by atomic mass is 9.80. The Morgan fingerprint density at radius 1 is 0.829 bits per heavy atom. The molecule has 3 heterocycles. The molecule has 16 heteroatoms. The summed E-state index contributed by atoms with van der Waals surface area (Å²) in [4.78, 5) is 14.4. The highest BCUT2D eigenvalue weighted by molar-refractivity contribution is 7.44. The Labute approximate surface area is 420 Å². The molecule has 70 heavy (non-hydrogen) atoms. The summed E-state index contributed by atoms with van der Waals surface area (Å²) in [6, 6.07) is 36.0. The van der Waals surface area contributed by atoms with Gasteiger partial charge in [-0.15, -0.1) is 0 Å². The van der Waals surface area contributed by atoms with Crippen molar-refractivity contribution in [3.63, 3.8) is 0 Å². The van der Waals surface area contributed by atoms with Crippen molar-refractivity contribution in [3.8, 4) is 17.6 Å². The van der Waals surface area contributed by atoms with E-state index in [-0.39, 0.29) is 36.8 Å². The van der Waals surface area contributed by atoms with Crippen LogP contribution in [0.1, 0.15) is 89.1 Å². The molecule has 370 valence electrons. The van der Waals surface area contributed by atoms with Gasteiger partial charge in [-0.1, -0.05) is 105 Å². The fourth-order valence-electron chi connectivity index (χ4n) is 8.48. The average molecular weight is 1010 g/mol. The van der Waals surface area contributed by atoms with Gasteiger partial charge in [0, 0.05) is 17.1 Å². The standard InChI is InChI=1S/C54H66ClN6O7PSi/c1-37(2)61(38(3)4)69(65-32-16-31-56)67-49-47(34-64-54(40-18-13-12-14-19-40,41-22-26-44(62-8)27-23-41)42-24-28-45(63-9)29-25-42)66-52(50(49)68-70(10,11)53(5,6)7)60-36-59-48-46(57-35-58-51(48)60)30-21-39-17-15-20-43(55)33-39/h12-15,17-30,33,35-38,47,49-50,52H,16,32,34H2,1-11H3/b30-21+/t47-,49-,50-,52-,69?/m1/s1. The Balaban J connectivity index is 1.41. The highest BCUT2D eigenvalue weighted by Gasteiger charge is 2.54. The summed E-state index contributed by atoms with van der Waals surface area (Å²) in [6.07, 6.45) is 4.30. The molecular weight excluding hydrogens is 939 g/mol. The van der Waals surface area contributed by atoms with E-state index < -0.39 is 47.0 Å². The maximum atomic E-state index is 9.67. The number of rotatable bonds is 21. The van der Waals surface area contributed by atoms with Crippen molar-refractivity contribution in [3.05, 3.63) is 149 Å². The van der Waals surface area contributed by atoms with Crippen LogP contribution in [0.25, 0.3) is 23.3 Å². The molecule has 7 rings (SSSR count). The summed E-state index contributed by atoms with van der Waals surface area (Å²) in [7, 11) is -1.10. The molecule has 0 amide bonds. The predicted molar refractivity (Wildman–Crippen MR) is 280 cm³/mol. The summed E-state index contributed by atoms with van der Waals surface area (Å²) in [5.41, 5.74) is 4.16. The highest BCUT2D eigenvalue weighted by atomic mass is 35.5. The van der Waals surface area contributed by atoms with Crippen molar-refractivity contribution < 1.29 is 32.4 Å². The Morgan fingerprint density at radius 2 is 1.46 bits per heavy atom. The first-order valence-corrected chi connectivity index (χ1v) is 28.1. The second-order valence-electron chi connectivity index (χ2n) is 19.3. The lowest BCUT2D eigenvalue weighted by Crippen LogP contribution is -2.50. The third kappa shape index (κ3) is 11.7. The molecule has 1 saturated heterocycles. The molecule has 5 atom stereocenters. The predicted octanol–water partition coefficient (Wildman–Crippen LogP) is 12.6. The van der Waals surface area contributed by atoms with Gasteiger partial charge >= 0.3 is 0 Å². The number of hydrogen-bond donors (Lipinski definition) is 0. The number of benzene rings is 4. The molecule has 0 N–H and O–H groups in total. The number of fused-ring (bicyclic) bond motifs is 1. The van der Waals surface area contributed by atoms with Crippen LogP contribution in [-0.2, 0) is 28.5 Å². The van der Waals surface area contributed by atoms with Crippen LogP contribution in [0.15, 0.2) is 116 Å².